The third-order valence-corrected chi connectivity index (χ3v) is 6.44. The number of nitrogens with zero attached hydrogens (tertiary/aromatic N) is 2. The smallest absolute Gasteiger partial charge is 0.0669 e. The second-order valence-corrected chi connectivity index (χ2v) is 8.53. The van der Waals surface area contributed by atoms with Crippen molar-refractivity contribution in [1.82, 2.24) is 10.2 Å². The Hall–Kier alpha value is -2.77. The van der Waals surface area contributed by atoms with Crippen LogP contribution in [-0.2, 0) is 13.0 Å². The van der Waals surface area contributed by atoms with E-state index in [-0.39, 0.29) is 0 Å². The van der Waals surface area contributed by atoms with E-state index in [2.05, 4.69) is 58.0 Å². The molecule has 0 amide bonds. The highest BCUT2D eigenvalue weighted by atomic mass is 15.2. The second-order valence-electron chi connectivity index (χ2n) is 8.53. The first kappa shape index (κ1) is 18.3. The molecule has 2 heterocycles. The Bertz CT molecular complexity index is 959. The van der Waals surface area contributed by atoms with Crippen LogP contribution in [-0.4, -0.2) is 30.1 Å². The maximum Gasteiger partial charge on any atom is 0.0669 e. The minimum atomic E-state index is 0.452. The Kier molecular flexibility index (Phi) is 4.99. The van der Waals surface area contributed by atoms with Crippen molar-refractivity contribution >= 4 is 11.8 Å². The Balaban J connectivity index is 1.42. The molecule has 2 aromatic rings. The quantitative estimate of drug-likeness (QED) is 0.795. The van der Waals surface area contributed by atoms with Crippen LogP contribution >= 0.6 is 0 Å². The van der Waals surface area contributed by atoms with Crippen LogP contribution in [0.4, 0.5) is 5.69 Å². The summed E-state index contributed by atoms with van der Waals surface area (Å²) in [5, 5.41) is 16.3. The van der Waals surface area contributed by atoms with Crippen molar-refractivity contribution in [2.75, 3.05) is 18.4 Å². The lowest BCUT2D eigenvalue weighted by molar-refractivity contribution is 0.210. The Morgan fingerprint density at radius 1 is 1.07 bits per heavy atom. The SMILES string of the molecule is N#CCc1cccc(-c2cc3c(c(NC4CCN(C5CC5)CC4)c2)CNC=C3)c1. The fourth-order valence-electron chi connectivity index (χ4n) is 4.67. The van der Waals surface area contributed by atoms with Gasteiger partial charge in [0.25, 0.3) is 0 Å². The molecular formula is C25H28N4. The van der Waals surface area contributed by atoms with Gasteiger partial charge in [-0.3, -0.25) is 0 Å². The van der Waals surface area contributed by atoms with Gasteiger partial charge in [0.05, 0.1) is 12.5 Å². The summed E-state index contributed by atoms with van der Waals surface area (Å²) in [4.78, 5) is 2.68. The van der Waals surface area contributed by atoms with E-state index in [0.29, 0.717) is 12.5 Å². The standard InChI is InChI=1S/C25H28N4/c26-10-6-18-2-1-3-19(14-18)21-15-20-7-11-27-17-24(20)25(16-21)28-22-8-12-29(13-9-22)23-4-5-23/h1-3,7,11,14-16,22-23,27-28H,4-6,8-9,12-13,17H2. The lowest BCUT2D eigenvalue weighted by Crippen LogP contribution is -2.40. The lowest BCUT2D eigenvalue weighted by atomic mass is 9.94. The molecule has 0 atom stereocenters. The van der Waals surface area contributed by atoms with Crippen molar-refractivity contribution < 1.29 is 0 Å². The number of hydrogen-bond donors (Lipinski definition) is 2. The number of nitrogens with one attached hydrogen (secondary N) is 2. The number of piperidine rings is 1. The molecule has 4 nitrogen and oxygen atoms in total. The molecule has 1 saturated carbocycles. The first-order valence-corrected chi connectivity index (χ1v) is 10.8. The predicted molar refractivity (Wildman–Crippen MR) is 118 cm³/mol. The summed E-state index contributed by atoms with van der Waals surface area (Å²) in [6, 6.07) is 16.6. The number of benzene rings is 2. The largest absolute Gasteiger partial charge is 0.387 e. The van der Waals surface area contributed by atoms with Crippen LogP contribution in [0, 0.1) is 11.3 Å². The minimum absolute atomic E-state index is 0.452. The maximum absolute atomic E-state index is 9.04. The van der Waals surface area contributed by atoms with E-state index in [9.17, 15) is 0 Å². The Morgan fingerprint density at radius 2 is 1.93 bits per heavy atom. The van der Waals surface area contributed by atoms with Crippen molar-refractivity contribution in [3.8, 4) is 17.2 Å². The summed E-state index contributed by atoms with van der Waals surface area (Å²) in [5.74, 6) is 0. The molecule has 0 radical (unpaired) electrons. The van der Waals surface area contributed by atoms with Crippen LogP contribution in [0.15, 0.2) is 42.6 Å². The number of fused-ring (bicyclic) bond motifs is 1. The fourth-order valence-corrected chi connectivity index (χ4v) is 4.67. The van der Waals surface area contributed by atoms with Gasteiger partial charge >= 0.3 is 0 Å². The van der Waals surface area contributed by atoms with E-state index in [0.717, 1.165) is 18.2 Å². The van der Waals surface area contributed by atoms with Crippen LogP contribution in [0.1, 0.15) is 42.4 Å². The zero-order valence-electron chi connectivity index (χ0n) is 16.8. The van der Waals surface area contributed by atoms with E-state index in [4.69, 9.17) is 5.26 Å². The zero-order valence-corrected chi connectivity index (χ0v) is 16.8. The molecule has 2 N–H and O–H groups in total. The number of rotatable bonds is 5. The third kappa shape index (κ3) is 4.02. The van der Waals surface area contributed by atoms with Crippen molar-refractivity contribution in [1.29, 1.82) is 5.26 Å². The number of hydrogen-bond acceptors (Lipinski definition) is 4. The van der Waals surface area contributed by atoms with Gasteiger partial charge < -0.3 is 15.5 Å². The van der Waals surface area contributed by atoms with Crippen molar-refractivity contribution in [2.45, 2.75) is 50.7 Å². The minimum Gasteiger partial charge on any atom is -0.387 e. The Morgan fingerprint density at radius 3 is 2.72 bits per heavy atom. The molecule has 1 saturated heterocycles. The molecule has 0 aromatic heterocycles. The first-order valence-electron chi connectivity index (χ1n) is 10.8. The summed E-state index contributed by atoms with van der Waals surface area (Å²) in [6.45, 7) is 3.31. The molecule has 5 rings (SSSR count). The second kappa shape index (κ2) is 7.93. The number of anilines is 1. The highest BCUT2D eigenvalue weighted by Gasteiger charge is 2.32. The molecule has 0 spiro atoms. The normalized spacial score (nSPS) is 19.3. The molecule has 0 bridgehead atoms. The van der Waals surface area contributed by atoms with Gasteiger partial charge in [-0.2, -0.15) is 5.26 Å². The monoisotopic (exact) mass is 384 g/mol. The first-order chi connectivity index (χ1) is 14.3. The molecule has 2 aromatic carbocycles. The van der Waals surface area contributed by atoms with Crippen LogP contribution in [0.3, 0.4) is 0 Å². The molecule has 2 fully saturated rings. The average molecular weight is 385 g/mol. The van der Waals surface area contributed by atoms with Crippen molar-refractivity contribution in [3.63, 3.8) is 0 Å². The molecule has 29 heavy (non-hydrogen) atoms. The van der Waals surface area contributed by atoms with E-state index in [1.54, 1.807) is 0 Å². The molecule has 3 aliphatic rings. The zero-order chi connectivity index (χ0) is 19.6. The van der Waals surface area contributed by atoms with E-state index >= 15 is 0 Å². The maximum atomic E-state index is 9.04. The van der Waals surface area contributed by atoms with Gasteiger partial charge in [0.15, 0.2) is 0 Å². The fraction of sp³-hybridized carbons (Fsp3) is 0.400. The molecule has 148 valence electrons. The van der Waals surface area contributed by atoms with Gasteiger partial charge in [0.2, 0.25) is 0 Å². The van der Waals surface area contributed by atoms with E-state index in [1.807, 2.05) is 12.3 Å². The van der Waals surface area contributed by atoms with Crippen LogP contribution in [0.5, 0.6) is 0 Å². The highest BCUT2D eigenvalue weighted by Crippen LogP contribution is 2.34. The molecule has 4 heteroatoms. The summed E-state index contributed by atoms with van der Waals surface area (Å²) in [6.07, 6.45) is 9.89. The summed E-state index contributed by atoms with van der Waals surface area (Å²) in [7, 11) is 0. The molecule has 2 aliphatic heterocycles. The highest BCUT2D eigenvalue weighted by molar-refractivity contribution is 5.77. The van der Waals surface area contributed by atoms with Crippen LogP contribution in [0.25, 0.3) is 17.2 Å². The topological polar surface area (TPSA) is 51.1 Å². The average Bonchev–Trinajstić information content (AvgIpc) is 3.60. The Labute approximate surface area is 173 Å². The third-order valence-electron chi connectivity index (χ3n) is 6.44. The van der Waals surface area contributed by atoms with Gasteiger partial charge in [-0.15, -0.1) is 0 Å². The van der Waals surface area contributed by atoms with E-state index < -0.39 is 0 Å². The van der Waals surface area contributed by atoms with Gasteiger partial charge in [-0.1, -0.05) is 24.3 Å². The number of likely N-dealkylation sites (tertiary alicyclic amines) is 1. The summed E-state index contributed by atoms with van der Waals surface area (Å²) < 4.78 is 0. The van der Waals surface area contributed by atoms with E-state index in [1.165, 1.54) is 66.7 Å². The molecule has 1 aliphatic carbocycles. The van der Waals surface area contributed by atoms with Gasteiger partial charge in [0.1, 0.15) is 0 Å². The lowest BCUT2D eigenvalue weighted by Gasteiger charge is -2.33. The van der Waals surface area contributed by atoms with Gasteiger partial charge in [-0.25, -0.2) is 0 Å². The predicted octanol–water partition coefficient (Wildman–Crippen LogP) is 4.53. The van der Waals surface area contributed by atoms with Gasteiger partial charge in [0, 0.05) is 43.0 Å². The van der Waals surface area contributed by atoms with Crippen molar-refractivity contribution in [3.05, 3.63) is 59.3 Å². The molecular weight excluding hydrogens is 356 g/mol. The summed E-state index contributed by atoms with van der Waals surface area (Å²) in [5.41, 5.74) is 7.36. The van der Waals surface area contributed by atoms with Crippen molar-refractivity contribution in [2.24, 2.45) is 0 Å². The van der Waals surface area contributed by atoms with Crippen LogP contribution in [0.2, 0.25) is 0 Å². The van der Waals surface area contributed by atoms with Gasteiger partial charge in [-0.05, 0) is 72.3 Å². The molecule has 0 unspecified atom stereocenters. The summed E-state index contributed by atoms with van der Waals surface area (Å²) >= 11 is 0. The van der Waals surface area contributed by atoms with Crippen LogP contribution < -0.4 is 10.6 Å². The number of nitriles is 1.